The lowest BCUT2D eigenvalue weighted by molar-refractivity contribution is 0.145. The quantitative estimate of drug-likeness (QED) is 0.624. The van der Waals surface area contributed by atoms with Crippen LogP contribution in [0.3, 0.4) is 0 Å². The Morgan fingerprint density at radius 3 is 2.36 bits per heavy atom. The van der Waals surface area contributed by atoms with Crippen LogP contribution in [0.25, 0.3) is 0 Å². The molecule has 0 amide bonds. The Morgan fingerprint density at radius 1 is 1.27 bits per heavy atom. The van der Waals surface area contributed by atoms with Gasteiger partial charge >= 0.3 is 0 Å². The molecule has 0 unspecified atom stereocenters. The van der Waals surface area contributed by atoms with Crippen LogP contribution in [0.15, 0.2) is 6.07 Å². The number of aromatic nitrogens is 2. The van der Waals surface area contributed by atoms with E-state index >= 15 is 0 Å². The molecule has 2 nitrogen and oxygen atoms in total. The lowest BCUT2D eigenvalue weighted by Crippen LogP contribution is -1.97. The van der Waals surface area contributed by atoms with Crippen molar-refractivity contribution in [3.05, 3.63) is 23.3 Å². The zero-order chi connectivity index (χ0) is 8.43. The number of halogens is 2. The van der Waals surface area contributed by atoms with E-state index in [0.717, 1.165) is 0 Å². The van der Waals surface area contributed by atoms with Gasteiger partial charge in [0.15, 0.2) is 0 Å². The largest absolute Gasteiger partial charge is 0.280 e. The molecule has 0 aliphatic rings. The summed E-state index contributed by atoms with van der Waals surface area (Å²) in [5, 5.41) is 0. The van der Waals surface area contributed by atoms with Gasteiger partial charge in [-0.25, -0.2) is 18.7 Å². The van der Waals surface area contributed by atoms with Crippen molar-refractivity contribution >= 4 is 0 Å². The second-order valence-corrected chi connectivity index (χ2v) is 2.28. The number of hydrogen-bond donors (Lipinski definition) is 0. The summed E-state index contributed by atoms with van der Waals surface area (Å²) in [7, 11) is 0. The van der Waals surface area contributed by atoms with Gasteiger partial charge < -0.3 is 0 Å². The van der Waals surface area contributed by atoms with Crippen LogP contribution in [0.5, 0.6) is 0 Å². The van der Waals surface area contributed by atoms with E-state index in [1.54, 1.807) is 13.8 Å². The van der Waals surface area contributed by atoms with Crippen LogP contribution in [0.2, 0.25) is 0 Å². The van der Waals surface area contributed by atoms with E-state index in [-0.39, 0.29) is 5.69 Å². The monoisotopic (exact) mass is 158 g/mol. The molecule has 0 aliphatic heterocycles. The number of nitrogens with zero attached hydrogens (tertiary/aromatic N) is 2. The van der Waals surface area contributed by atoms with Crippen LogP contribution in [-0.2, 0) is 0 Å². The van der Waals surface area contributed by atoms with Crippen molar-refractivity contribution in [1.82, 2.24) is 9.97 Å². The first kappa shape index (κ1) is 8.04. The highest BCUT2D eigenvalue weighted by molar-refractivity contribution is 5.10. The van der Waals surface area contributed by atoms with Crippen LogP contribution in [-0.4, -0.2) is 9.97 Å². The van der Waals surface area contributed by atoms with Gasteiger partial charge in [0, 0.05) is 5.69 Å². The Labute approximate surface area is 63.3 Å². The average molecular weight is 158 g/mol. The maximum absolute atomic E-state index is 12.0. The van der Waals surface area contributed by atoms with Crippen LogP contribution in [0.1, 0.15) is 23.6 Å². The number of alkyl halides is 2. The molecule has 0 bridgehead atoms. The fourth-order valence-electron chi connectivity index (χ4n) is 0.857. The molecular formula is C7H8F2N2. The van der Waals surface area contributed by atoms with E-state index in [9.17, 15) is 8.78 Å². The Morgan fingerprint density at radius 2 is 1.91 bits per heavy atom. The van der Waals surface area contributed by atoms with Gasteiger partial charge in [-0.1, -0.05) is 0 Å². The molecule has 1 rings (SSSR count). The van der Waals surface area contributed by atoms with Gasteiger partial charge in [0.1, 0.15) is 11.5 Å². The molecule has 0 saturated carbocycles. The van der Waals surface area contributed by atoms with Gasteiger partial charge in [-0.3, -0.25) is 0 Å². The van der Waals surface area contributed by atoms with Gasteiger partial charge in [-0.05, 0) is 19.9 Å². The van der Waals surface area contributed by atoms with Crippen molar-refractivity contribution in [3.63, 3.8) is 0 Å². The molecular weight excluding hydrogens is 150 g/mol. The molecule has 0 saturated heterocycles. The Hall–Kier alpha value is -1.06. The first-order valence-electron chi connectivity index (χ1n) is 3.20. The van der Waals surface area contributed by atoms with Crippen molar-refractivity contribution in [1.29, 1.82) is 0 Å². The average Bonchev–Trinajstić information content (AvgIpc) is 1.85. The summed E-state index contributed by atoms with van der Waals surface area (Å²) < 4.78 is 24.1. The summed E-state index contributed by atoms with van der Waals surface area (Å²) in [5.41, 5.74) is 0.378. The summed E-state index contributed by atoms with van der Waals surface area (Å²) in [6.45, 7) is 3.26. The van der Waals surface area contributed by atoms with Crippen LogP contribution in [0, 0.1) is 13.8 Å². The molecule has 0 radical (unpaired) electrons. The SMILES string of the molecule is Cc1cc(C(F)F)nc(C)n1. The second kappa shape index (κ2) is 2.90. The first-order valence-corrected chi connectivity index (χ1v) is 3.20. The molecule has 0 atom stereocenters. The van der Waals surface area contributed by atoms with Crippen molar-refractivity contribution in [3.8, 4) is 0 Å². The van der Waals surface area contributed by atoms with Crippen molar-refractivity contribution in [2.45, 2.75) is 20.3 Å². The van der Waals surface area contributed by atoms with Crippen LogP contribution < -0.4 is 0 Å². The van der Waals surface area contributed by atoms with Crippen molar-refractivity contribution in [2.24, 2.45) is 0 Å². The van der Waals surface area contributed by atoms with Crippen molar-refractivity contribution < 1.29 is 8.78 Å². The smallest absolute Gasteiger partial charge is 0.239 e. The van der Waals surface area contributed by atoms with E-state index in [1.165, 1.54) is 6.07 Å². The molecule has 0 aliphatic carbocycles. The molecule has 0 spiro atoms. The van der Waals surface area contributed by atoms with E-state index in [2.05, 4.69) is 9.97 Å². The van der Waals surface area contributed by atoms with Crippen LogP contribution in [0.4, 0.5) is 8.78 Å². The third kappa shape index (κ3) is 1.93. The summed E-state index contributed by atoms with van der Waals surface area (Å²) in [4.78, 5) is 7.44. The first-order chi connectivity index (χ1) is 5.09. The lowest BCUT2D eigenvalue weighted by Gasteiger charge is -2.00. The minimum Gasteiger partial charge on any atom is -0.239 e. The molecule has 60 valence electrons. The van der Waals surface area contributed by atoms with E-state index < -0.39 is 6.43 Å². The minimum absolute atomic E-state index is 0.199. The standard InChI is InChI=1S/C7H8F2N2/c1-4-3-6(7(8)9)11-5(2)10-4/h3,7H,1-2H3. The molecule has 0 aromatic carbocycles. The lowest BCUT2D eigenvalue weighted by atomic mass is 10.3. The predicted octanol–water partition coefficient (Wildman–Crippen LogP) is 2.03. The highest BCUT2D eigenvalue weighted by Crippen LogP contribution is 2.16. The maximum Gasteiger partial charge on any atom is 0.280 e. The second-order valence-electron chi connectivity index (χ2n) is 2.28. The van der Waals surface area contributed by atoms with Gasteiger partial charge in [0.25, 0.3) is 6.43 Å². The van der Waals surface area contributed by atoms with E-state index in [0.29, 0.717) is 11.5 Å². The van der Waals surface area contributed by atoms with E-state index in [4.69, 9.17) is 0 Å². The molecule has 11 heavy (non-hydrogen) atoms. The van der Waals surface area contributed by atoms with Crippen LogP contribution >= 0.6 is 0 Å². The normalized spacial score (nSPS) is 10.6. The molecule has 4 heteroatoms. The minimum atomic E-state index is -2.50. The number of aryl methyl sites for hydroxylation is 2. The summed E-state index contributed by atoms with van der Waals surface area (Å²) in [6.07, 6.45) is -2.50. The fraction of sp³-hybridized carbons (Fsp3) is 0.429. The Kier molecular flexibility index (Phi) is 2.12. The highest BCUT2D eigenvalue weighted by atomic mass is 19.3. The van der Waals surface area contributed by atoms with Gasteiger partial charge in [0.2, 0.25) is 0 Å². The van der Waals surface area contributed by atoms with Gasteiger partial charge in [-0.15, -0.1) is 0 Å². The summed E-state index contributed by atoms with van der Waals surface area (Å²) in [5.74, 6) is 0.389. The third-order valence-corrected chi connectivity index (χ3v) is 1.21. The molecule has 1 heterocycles. The number of rotatable bonds is 1. The summed E-state index contributed by atoms with van der Waals surface area (Å²) in [6, 6.07) is 1.29. The summed E-state index contributed by atoms with van der Waals surface area (Å²) >= 11 is 0. The predicted molar refractivity (Wildman–Crippen MR) is 36.5 cm³/mol. The topological polar surface area (TPSA) is 25.8 Å². The fourth-order valence-corrected chi connectivity index (χ4v) is 0.857. The molecule has 0 N–H and O–H groups in total. The molecule has 1 aromatic heterocycles. The zero-order valence-electron chi connectivity index (χ0n) is 6.31. The molecule has 1 aromatic rings. The van der Waals surface area contributed by atoms with E-state index in [1.807, 2.05) is 0 Å². The van der Waals surface area contributed by atoms with Gasteiger partial charge in [0.05, 0.1) is 0 Å². The Bertz CT molecular complexity index is 240. The van der Waals surface area contributed by atoms with Crippen molar-refractivity contribution in [2.75, 3.05) is 0 Å². The molecule has 0 fully saturated rings. The highest BCUT2D eigenvalue weighted by Gasteiger charge is 2.09. The third-order valence-electron chi connectivity index (χ3n) is 1.21. The zero-order valence-corrected chi connectivity index (χ0v) is 6.31. The Balaban J connectivity index is 3.08. The number of hydrogen-bond acceptors (Lipinski definition) is 2. The maximum atomic E-state index is 12.0. The van der Waals surface area contributed by atoms with Gasteiger partial charge in [-0.2, -0.15) is 0 Å².